The van der Waals surface area contributed by atoms with Gasteiger partial charge in [0.1, 0.15) is 0 Å². The summed E-state index contributed by atoms with van der Waals surface area (Å²) in [6, 6.07) is 14.7. The number of amides is 2. The number of anilines is 1. The van der Waals surface area contributed by atoms with Crippen LogP contribution in [0.25, 0.3) is 0 Å². The first-order valence-electron chi connectivity index (χ1n) is 7.15. The zero-order valence-electron chi connectivity index (χ0n) is 13.1. The third-order valence-electron chi connectivity index (χ3n) is 3.63. The minimum Gasteiger partial charge on any atom is -0.332 e. The van der Waals surface area contributed by atoms with Crippen LogP contribution in [0, 0.1) is 13.8 Å². The number of hydrogen-bond donors (Lipinski definition) is 1. The summed E-state index contributed by atoms with van der Waals surface area (Å²) < 4.78 is 0. The molecule has 2 aromatic rings. The number of likely N-dealkylation sites (N-methyl/N-ethyl adjacent to an activating group) is 1. The Labute approximate surface area is 130 Å². The van der Waals surface area contributed by atoms with E-state index < -0.39 is 0 Å². The van der Waals surface area contributed by atoms with Gasteiger partial charge in [0.05, 0.1) is 6.54 Å². The number of aryl methyl sites for hydroxylation is 1. The van der Waals surface area contributed by atoms with Crippen molar-refractivity contribution in [1.29, 1.82) is 0 Å². The lowest BCUT2D eigenvalue weighted by Crippen LogP contribution is -2.35. The van der Waals surface area contributed by atoms with E-state index in [9.17, 15) is 9.59 Å². The molecule has 0 atom stereocenters. The van der Waals surface area contributed by atoms with Crippen LogP contribution in [0.15, 0.2) is 48.5 Å². The molecule has 0 fully saturated rings. The third-order valence-corrected chi connectivity index (χ3v) is 3.63. The molecule has 0 saturated carbocycles. The average molecular weight is 296 g/mol. The molecule has 0 spiro atoms. The highest BCUT2D eigenvalue weighted by Crippen LogP contribution is 2.17. The minimum absolute atomic E-state index is 0.0150. The highest BCUT2D eigenvalue weighted by atomic mass is 16.2. The second-order valence-corrected chi connectivity index (χ2v) is 5.32. The fourth-order valence-corrected chi connectivity index (χ4v) is 2.16. The van der Waals surface area contributed by atoms with E-state index in [2.05, 4.69) is 5.32 Å². The lowest BCUT2D eigenvalue weighted by molar-refractivity contribution is -0.116. The van der Waals surface area contributed by atoms with Gasteiger partial charge in [-0.3, -0.25) is 9.59 Å². The minimum atomic E-state index is -0.208. The summed E-state index contributed by atoms with van der Waals surface area (Å²) in [6.45, 7) is 3.97. The Morgan fingerprint density at radius 2 is 1.68 bits per heavy atom. The standard InChI is InChI=1S/C18H20N2O2/c1-13-8-7-11-16(14(13)2)19-17(21)12-20(3)18(22)15-9-5-4-6-10-15/h4-11H,12H2,1-3H3,(H,19,21). The number of nitrogens with zero attached hydrogens (tertiary/aromatic N) is 1. The van der Waals surface area contributed by atoms with Crippen molar-refractivity contribution < 1.29 is 9.59 Å². The summed E-state index contributed by atoms with van der Waals surface area (Å²) in [6.07, 6.45) is 0. The van der Waals surface area contributed by atoms with Crippen LogP contribution in [-0.4, -0.2) is 30.3 Å². The van der Waals surface area contributed by atoms with Crippen LogP contribution in [0.3, 0.4) is 0 Å². The first-order chi connectivity index (χ1) is 10.5. The Bertz CT molecular complexity index is 681. The molecule has 0 heterocycles. The van der Waals surface area contributed by atoms with Crippen LogP contribution in [0.5, 0.6) is 0 Å². The molecular weight excluding hydrogens is 276 g/mol. The van der Waals surface area contributed by atoms with Crippen LogP contribution in [-0.2, 0) is 4.79 Å². The highest BCUT2D eigenvalue weighted by molar-refractivity contribution is 5.99. The van der Waals surface area contributed by atoms with E-state index >= 15 is 0 Å². The maximum absolute atomic E-state index is 12.2. The summed E-state index contributed by atoms with van der Waals surface area (Å²) in [4.78, 5) is 25.7. The van der Waals surface area contributed by atoms with E-state index in [4.69, 9.17) is 0 Å². The van der Waals surface area contributed by atoms with Gasteiger partial charge in [-0.15, -0.1) is 0 Å². The van der Waals surface area contributed by atoms with Gasteiger partial charge in [0.15, 0.2) is 0 Å². The summed E-state index contributed by atoms with van der Waals surface area (Å²) in [7, 11) is 1.62. The van der Waals surface area contributed by atoms with Crippen LogP contribution < -0.4 is 5.32 Å². The van der Waals surface area contributed by atoms with Crippen LogP contribution >= 0.6 is 0 Å². The molecule has 0 saturated heterocycles. The average Bonchev–Trinajstić information content (AvgIpc) is 2.52. The van der Waals surface area contributed by atoms with E-state index in [0.29, 0.717) is 5.56 Å². The quantitative estimate of drug-likeness (QED) is 0.943. The number of benzene rings is 2. The molecular formula is C18H20N2O2. The molecule has 0 aliphatic heterocycles. The second-order valence-electron chi connectivity index (χ2n) is 5.32. The van der Waals surface area contributed by atoms with Crippen molar-refractivity contribution in [3.05, 3.63) is 65.2 Å². The van der Waals surface area contributed by atoms with Gasteiger partial charge in [-0.05, 0) is 43.2 Å². The van der Waals surface area contributed by atoms with E-state index in [0.717, 1.165) is 16.8 Å². The molecule has 4 heteroatoms. The number of rotatable bonds is 4. The van der Waals surface area contributed by atoms with Gasteiger partial charge in [-0.25, -0.2) is 0 Å². The molecule has 4 nitrogen and oxygen atoms in total. The van der Waals surface area contributed by atoms with Crippen molar-refractivity contribution >= 4 is 17.5 Å². The second kappa shape index (κ2) is 6.89. The zero-order valence-corrected chi connectivity index (χ0v) is 13.1. The summed E-state index contributed by atoms with van der Waals surface area (Å²) in [5.74, 6) is -0.378. The zero-order chi connectivity index (χ0) is 16.1. The van der Waals surface area contributed by atoms with Gasteiger partial charge in [0.2, 0.25) is 5.91 Å². The predicted molar refractivity (Wildman–Crippen MR) is 87.9 cm³/mol. The molecule has 1 N–H and O–H groups in total. The topological polar surface area (TPSA) is 49.4 Å². The molecule has 0 aliphatic rings. The van der Waals surface area contributed by atoms with Crippen molar-refractivity contribution in [3.63, 3.8) is 0 Å². The van der Waals surface area contributed by atoms with Gasteiger partial charge < -0.3 is 10.2 Å². The molecule has 114 valence electrons. The van der Waals surface area contributed by atoms with Crippen molar-refractivity contribution in [2.75, 3.05) is 18.9 Å². The predicted octanol–water partition coefficient (Wildman–Crippen LogP) is 3.01. The largest absolute Gasteiger partial charge is 0.332 e. The van der Waals surface area contributed by atoms with Crippen LogP contribution in [0.1, 0.15) is 21.5 Å². The van der Waals surface area contributed by atoms with Gasteiger partial charge in [-0.2, -0.15) is 0 Å². The fourth-order valence-electron chi connectivity index (χ4n) is 2.16. The highest BCUT2D eigenvalue weighted by Gasteiger charge is 2.15. The normalized spacial score (nSPS) is 10.1. The van der Waals surface area contributed by atoms with E-state index in [-0.39, 0.29) is 18.4 Å². The maximum atomic E-state index is 12.2. The molecule has 2 amide bonds. The molecule has 22 heavy (non-hydrogen) atoms. The molecule has 0 aromatic heterocycles. The van der Waals surface area contributed by atoms with E-state index in [1.807, 2.05) is 38.1 Å². The molecule has 0 unspecified atom stereocenters. The van der Waals surface area contributed by atoms with Crippen molar-refractivity contribution in [2.24, 2.45) is 0 Å². The van der Waals surface area contributed by atoms with Crippen molar-refractivity contribution in [2.45, 2.75) is 13.8 Å². The maximum Gasteiger partial charge on any atom is 0.254 e. The molecule has 2 aromatic carbocycles. The number of carbonyl (C=O) groups is 2. The van der Waals surface area contributed by atoms with Gasteiger partial charge >= 0.3 is 0 Å². The summed E-state index contributed by atoms with van der Waals surface area (Å²) in [5.41, 5.74) is 3.51. The summed E-state index contributed by atoms with van der Waals surface area (Å²) in [5, 5.41) is 2.86. The monoisotopic (exact) mass is 296 g/mol. The Hall–Kier alpha value is -2.62. The fraction of sp³-hybridized carbons (Fsp3) is 0.222. The lowest BCUT2D eigenvalue weighted by Gasteiger charge is -2.17. The number of carbonyl (C=O) groups excluding carboxylic acids is 2. The Morgan fingerprint density at radius 1 is 1.00 bits per heavy atom. The van der Waals surface area contributed by atoms with E-state index in [1.54, 1.807) is 31.3 Å². The molecule has 0 aliphatic carbocycles. The molecule has 0 radical (unpaired) electrons. The number of nitrogens with one attached hydrogen (secondary N) is 1. The first kappa shape index (κ1) is 15.8. The summed E-state index contributed by atoms with van der Waals surface area (Å²) >= 11 is 0. The van der Waals surface area contributed by atoms with Crippen molar-refractivity contribution in [3.8, 4) is 0 Å². The first-order valence-corrected chi connectivity index (χ1v) is 7.15. The molecule has 2 rings (SSSR count). The number of hydrogen-bond acceptors (Lipinski definition) is 2. The Balaban J connectivity index is 2.00. The third kappa shape index (κ3) is 3.73. The van der Waals surface area contributed by atoms with E-state index in [1.165, 1.54) is 4.90 Å². The van der Waals surface area contributed by atoms with Crippen molar-refractivity contribution in [1.82, 2.24) is 4.90 Å². The van der Waals surface area contributed by atoms with Gasteiger partial charge in [0.25, 0.3) is 5.91 Å². The smallest absolute Gasteiger partial charge is 0.254 e. The van der Waals surface area contributed by atoms with Crippen LogP contribution in [0.4, 0.5) is 5.69 Å². The lowest BCUT2D eigenvalue weighted by atomic mass is 10.1. The van der Waals surface area contributed by atoms with Crippen LogP contribution in [0.2, 0.25) is 0 Å². The molecule has 0 bridgehead atoms. The Morgan fingerprint density at radius 3 is 2.36 bits per heavy atom. The van der Waals surface area contributed by atoms with Gasteiger partial charge in [0, 0.05) is 18.3 Å². The Kier molecular flexibility index (Phi) is 4.94. The van der Waals surface area contributed by atoms with Gasteiger partial charge in [-0.1, -0.05) is 30.3 Å². The SMILES string of the molecule is Cc1cccc(NC(=O)CN(C)C(=O)c2ccccc2)c1C.